The third kappa shape index (κ3) is 5.46. The van der Waals surface area contributed by atoms with Crippen LogP contribution >= 0.6 is 0 Å². The van der Waals surface area contributed by atoms with Gasteiger partial charge < -0.3 is 14.9 Å². The smallest absolute Gasteiger partial charge is 0.331 e. The van der Waals surface area contributed by atoms with Crippen molar-refractivity contribution >= 4 is 28.6 Å². The standard InChI is InChI=1S/C28H29NO5/c1-19(28(32)33)17-22-6-5-21-18-23(30)9-12-25(21)26(22)27(31)20-7-10-24(11-8-20)34-16-15-29-13-3-2-4-14-29/h5-12,17-18,30H,2-4,13-16H2,1H3,(H,32,33)/b19-17+. The highest BCUT2D eigenvalue weighted by molar-refractivity contribution is 6.19. The second-order valence-corrected chi connectivity index (χ2v) is 8.67. The Bertz CT molecular complexity index is 1220. The minimum atomic E-state index is -1.05. The molecule has 6 nitrogen and oxygen atoms in total. The molecule has 2 N–H and O–H groups in total. The first kappa shape index (κ1) is 23.5. The van der Waals surface area contributed by atoms with Crippen LogP contribution in [0.1, 0.15) is 47.7 Å². The molecule has 34 heavy (non-hydrogen) atoms. The molecule has 1 heterocycles. The summed E-state index contributed by atoms with van der Waals surface area (Å²) in [6, 6.07) is 15.3. The van der Waals surface area contributed by atoms with Gasteiger partial charge in [-0.15, -0.1) is 0 Å². The van der Waals surface area contributed by atoms with Crippen molar-refractivity contribution in [3.63, 3.8) is 0 Å². The molecule has 6 heteroatoms. The minimum absolute atomic E-state index is 0.0990. The number of carbonyl (C=O) groups excluding carboxylic acids is 1. The van der Waals surface area contributed by atoms with Crippen molar-refractivity contribution in [2.45, 2.75) is 26.2 Å². The van der Waals surface area contributed by atoms with Crippen LogP contribution in [0.4, 0.5) is 0 Å². The maximum atomic E-state index is 13.6. The number of benzene rings is 3. The van der Waals surface area contributed by atoms with E-state index in [9.17, 15) is 19.8 Å². The number of aliphatic carboxylic acids is 1. The Hall–Kier alpha value is -3.64. The summed E-state index contributed by atoms with van der Waals surface area (Å²) in [4.78, 5) is 27.4. The number of hydrogen-bond acceptors (Lipinski definition) is 5. The van der Waals surface area contributed by atoms with Crippen molar-refractivity contribution < 1.29 is 24.5 Å². The number of nitrogens with zero attached hydrogens (tertiary/aromatic N) is 1. The number of piperidine rings is 1. The molecule has 0 aromatic heterocycles. The molecule has 0 unspecified atom stereocenters. The first-order valence-electron chi connectivity index (χ1n) is 11.6. The highest BCUT2D eigenvalue weighted by atomic mass is 16.5. The van der Waals surface area contributed by atoms with Gasteiger partial charge in [0.2, 0.25) is 0 Å². The molecule has 3 aromatic rings. The zero-order valence-corrected chi connectivity index (χ0v) is 19.3. The number of likely N-dealkylation sites (tertiary alicyclic amines) is 1. The van der Waals surface area contributed by atoms with Crippen LogP contribution in [0.2, 0.25) is 0 Å². The lowest BCUT2D eigenvalue weighted by Gasteiger charge is -2.26. The summed E-state index contributed by atoms with van der Waals surface area (Å²) in [6.07, 6.45) is 5.29. The van der Waals surface area contributed by atoms with Gasteiger partial charge in [-0.05, 0) is 97.7 Å². The Labute approximate surface area is 199 Å². The number of phenols is 1. The first-order valence-corrected chi connectivity index (χ1v) is 11.6. The molecule has 0 saturated carbocycles. The van der Waals surface area contributed by atoms with E-state index in [2.05, 4.69) is 4.90 Å². The maximum absolute atomic E-state index is 13.6. The Kier molecular flexibility index (Phi) is 7.28. The van der Waals surface area contributed by atoms with Gasteiger partial charge in [-0.25, -0.2) is 4.79 Å². The fraction of sp³-hybridized carbons (Fsp3) is 0.286. The number of carbonyl (C=O) groups is 2. The summed E-state index contributed by atoms with van der Waals surface area (Å²) >= 11 is 0. The van der Waals surface area contributed by atoms with E-state index in [1.165, 1.54) is 38.3 Å². The largest absolute Gasteiger partial charge is 0.508 e. The fourth-order valence-electron chi connectivity index (χ4n) is 4.33. The lowest BCUT2D eigenvalue weighted by atomic mass is 9.91. The average Bonchev–Trinajstić information content (AvgIpc) is 2.84. The molecule has 0 aliphatic carbocycles. The van der Waals surface area contributed by atoms with Crippen LogP contribution in [0, 0.1) is 0 Å². The molecule has 1 fully saturated rings. The van der Waals surface area contributed by atoms with Crippen LogP contribution < -0.4 is 4.74 Å². The Morgan fingerprint density at radius 2 is 1.74 bits per heavy atom. The van der Waals surface area contributed by atoms with E-state index < -0.39 is 5.97 Å². The van der Waals surface area contributed by atoms with E-state index >= 15 is 0 Å². The quantitative estimate of drug-likeness (QED) is 0.359. The number of phenolic OH excluding ortho intramolecular Hbond substituents is 1. The van der Waals surface area contributed by atoms with E-state index in [-0.39, 0.29) is 17.1 Å². The van der Waals surface area contributed by atoms with E-state index in [4.69, 9.17) is 4.74 Å². The van der Waals surface area contributed by atoms with E-state index in [1.54, 1.807) is 48.5 Å². The van der Waals surface area contributed by atoms with Crippen LogP contribution in [0.15, 0.2) is 60.2 Å². The predicted octanol–water partition coefficient (Wildman–Crippen LogP) is 5.13. The zero-order chi connectivity index (χ0) is 24.1. The molecule has 1 aliphatic rings. The van der Waals surface area contributed by atoms with Crippen molar-refractivity contribution in [2.75, 3.05) is 26.2 Å². The van der Waals surface area contributed by atoms with Gasteiger partial charge in [-0.1, -0.05) is 18.6 Å². The molecule has 4 rings (SSSR count). The van der Waals surface area contributed by atoms with Gasteiger partial charge in [0.05, 0.1) is 0 Å². The summed E-state index contributed by atoms with van der Waals surface area (Å²) in [7, 11) is 0. The van der Waals surface area contributed by atoms with Crippen molar-refractivity contribution in [1.29, 1.82) is 0 Å². The van der Waals surface area contributed by atoms with Gasteiger partial charge in [0, 0.05) is 23.2 Å². The normalized spacial score (nSPS) is 14.8. The lowest BCUT2D eigenvalue weighted by molar-refractivity contribution is -0.132. The monoisotopic (exact) mass is 459 g/mol. The number of ketones is 1. The highest BCUT2D eigenvalue weighted by Crippen LogP contribution is 2.30. The van der Waals surface area contributed by atoms with Crippen molar-refractivity contribution in [2.24, 2.45) is 0 Å². The number of hydrogen-bond donors (Lipinski definition) is 2. The number of fused-ring (bicyclic) bond motifs is 1. The molecule has 1 aliphatic heterocycles. The number of ether oxygens (including phenoxy) is 1. The summed E-state index contributed by atoms with van der Waals surface area (Å²) < 4.78 is 5.88. The number of rotatable bonds is 8. The van der Waals surface area contributed by atoms with Crippen LogP contribution in [0.5, 0.6) is 11.5 Å². The van der Waals surface area contributed by atoms with Crippen LogP contribution in [-0.2, 0) is 4.79 Å². The third-order valence-corrected chi connectivity index (χ3v) is 6.21. The first-order chi connectivity index (χ1) is 16.4. The maximum Gasteiger partial charge on any atom is 0.331 e. The fourth-order valence-corrected chi connectivity index (χ4v) is 4.33. The molecular weight excluding hydrogens is 430 g/mol. The third-order valence-electron chi connectivity index (χ3n) is 6.21. The van der Waals surface area contributed by atoms with Crippen molar-refractivity contribution in [3.05, 3.63) is 76.9 Å². The average molecular weight is 460 g/mol. The molecule has 0 amide bonds. The topological polar surface area (TPSA) is 87.1 Å². The molecule has 0 radical (unpaired) electrons. The number of aromatic hydroxyl groups is 1. The minimum Gasteiger partial charge on any atom is -0.508 e. The van der Waals surface area contributed by atoms with Gasteiger partial charge in [0.25, 0.3) is 0 Å². The molecule has 1 saturated heterocycles. The van der Waals surface area contributed by atoms with Crippen LogP contribution in [0.3, 0.4) is 0 Å². The Morgan fingerprint density at radius 3 is 2.44 bits per heavy atom. The van der Waals surface area contributed by atoms with Crippen LogP contribution in [-0.4, -0.2) is 53.1 Å². The summed E-state index contributed by atoms with van der Waals surface area (Å²) in [5.74, 6) is -0.462. The van der Waals surface area contributed by atoms with Crippen molar-refractivity contribution in [1.82, 2.24) is 4.90 Å². The van der Waals surface area contributed by atoms with E-state index in [1.807, 2.05) is 0 Å². The van der Waals surface area contributed by atoms with Gasteiger partial charge >= 0.3 is 5.97 Å². The molecular formula is C28H29NO5. The summed E-state index contributed by atoms with van der Waals surface area (Å²) in [5, 5.41) is 20.5. The van der Waals surface area contributed by atoms with Gasteiger partial charge in [-0.3, -0.25) is 9.69 Å². The summed E-state index contributed by atoms with van der Waals surface area (Å²) in [5.41, 5.74) is 1.53. The van der Waals surface area contributed by atoms with E-state index in [0.717, 1.165) is 19.6 Å². The second-order valence-electron chi connectivity index (χ2n) is 8.67. The van der Waals surface area contributed by atoms with E-state index in [0.29, 0.717) is 39.8 Å². The summed E-state index contributed by atoms with van der Waals surface area (Å²) in [6.45, 7) is 5.23. The SMILES string of the molecule is C/C(=C\c1ccc2cc(O)ccc2c1C(=O)c1ccc(OCCN2CCCCC2)cc1)C(=O)O. The van der Waals surface area contributed by atoms with Gasteiger partial charge in [-0.2, -0.15) is 0 Å². The molecule has 176 valence electrons. The Balaban J connectivity index is 1.58. The van der Waals surface area contributed by atoms with Gasteiger partial charge in [0.1, 0.15) is 18.1 Å². The van der Waals surface area contributed by atoms with Gasteiger partial charge in [0.15, 0.2) is 5.78 Å². The Morgan fingerprint density at radius 1 is 1.00 bits per heavy atom. The lowest BCUT2D eigenvalue weighted by Crippen LogP contribution is -2.33. The second kappa shape index (κ2) is 10.5. The molecule has 0 spiro atoms. The molecule has 3 aromatic carbocycles. The zero-order valence-electron chi connectivity index (χ0n) is 19.3. The highest BCUT2D eigenvalue weighted by Gasteiger charge is 2.18. The molecule has 0 bridgehead atoms. The van der Waals surface area contributed by atoms with Crippen LogP contribution in [0.25, 0.3) is 16.8 Å². The van der Waals surface area contributed by atoms with Crippen molar-refractivity contribution in [3.8, 4) is 11.5 Å². The number of carboxylic acid groups (broad SMARTS) is 1. The molecule has 0 atom stereocenters. The predicted molar refractivity (Wildman–Crippen MR) is 133 cm³/mol. The number of carboxylic acids is 1.